The largest absolute Gasteiger partial charge is 0.468 e. The summed E-state index contributed by atoms with van der Waals surface area (Å²) in [5.41, 5.74) is -5.57. The van der Waals surface area contributed by atoms with E-state index in [1.165, 1.54) is 18.2 Å². The molecule has 7 heteroatoms. The molecule has 0 saturated heterocycles. The van der Waals surface area contributed by atoms with Gasteiger partial charge in [0.1, 0.15) is 5.75 Å². The van der Waals surface area contributed by atoms with Gasteiger partial charge in [0.2, 0.25) is 0 Å². The Balaban J connectivity index is 1.85. The first-order valence-corrected chi connectivity index (χ1v) is 9.55. The molecule has 1 nitrogen and oxygen atoms in total. The Morgan fingerprint density at radius 3 is 1.61 bits per heavy atom. The minimum atomic E-state index is -5.58. The molecule has 0 radical (unpaired) electrons. The van der Waals surface area contributed by atoms with Crippen LogP contribution in [0, 0.1) is 23.2 Å². The van der Waals surface area contributed by atoms with E-state index in [1.807, 2.05) is 0 Å². The van der Waals surface area contributed by atoms with Crippen molar-refractivity contribution in [2.75, 3.05) is 0 Å². The van der Waals surface area contributed by atoms with Gasteiger partial charge in [-0.15, -0.1) is 0 Å². The van der Waals surface area contributed by atoms with Gasteiger partial charge in [0.15, 0.2) is 0 Å². The number of ether oxygens (including phenoxy) is 1. The molecule has 28 heavy (non-hydrogen) atoms. The third kappa shape index (κ3) is 2.76. The van der Waals surface area contributed by atoms with Crippen LogP contribution in [0.25, 0.3) is 6.08 Å². The third-order valence-electron chi connectivity index (χ3n) is 6.97. The Labute approximate surface area is 159 Å². The summed E-state index contributed by atoms with van der Waals surface area (Å²) in [7, 11) is 0. The molecule has 4 bridgehead atoms. The van der Waals surface area contributed by atoms with Crippen molar-refractivity contribution >= 4 is 6.08 Å². The molecule has 5 rings (SSSR count). The molecule has 0 aliphatic heterocycles. The van der Waals surface area contributed by atoms with Crippen LogP contribution >= 0.6 is 0 Å². The Morgan fingerprint density at radius 2 is 1.25 bits per heavy atom. The lowest BCUT2D eigenvalue weighted by Crippen LogP contribution is -2.73. The lowest BCUT2D eigenvalue weighted by molar-refractivity contribution is -0.407. The lowest BCUT2D eigenvalue weighted by Gasteiger charge is -2.62. The summed E-state index contributed by atoms with van der Waals surface area (Å²) < 4.78 is 91.1. The van der Waals surface area contributed by atoms with Crippen molar-refractivity contribution in [2.45, 2.75) is 56.5 Å². The molecule has 0 spiro atoms. The smallest absolute Gasteiger partial charge is 0.438 e. The first-order chi connectivity index (χ1) is 13.0. The van der Waals surface area contributed by atoms with Crippen molar-refractivity contribution in [3.63, 3.8) is 0 Å². The Hall–Kier alpha value is -1.66. The van der Waals surface area contributed by atoms with Gasteiger partial charge in [0.25, 0.3) is 0 Å². The zero-order valence-corrected chi connectivity index (χ0v) is 15.2. The monoisotopic (exact) mass is 404 g/mol. The number of hydrogen-bond acceptors (Lipinski definition) is 1. The molecular formula is C21H22F6O. The lowest BCUT2D eigenvalue weighted by atomic mass is 9.45. The van der Waals surface area contributed by atoms with Gasteiger partial charge in [0, 0.05) is 5.41 Å². The van der Waals surface area contributed by atoms with Gasteiger partial charge in [-0.25, -0.2) is 0 Å². The van der Waals surface area contributed by atoms with Crippen molar-refractivity contribution in [3.8, 4) is 5.75 Å². The predicted molar refractivity (Wildman–Crippen MR) is 92.6 cm³/mol. The van der Waals surface area contributed by atoms with E-state index in [0.29, 0.717) is 5.56 Å². The zero-order chi connectivity index (χ0) is 20.4. The molecule has 1 aromatic rings. The molecule has 4 fully saturated rings. The number of halogens is 6. The number of benzene rings is 1. The summed E-state index contributed by atoms with van der Waals surface area (Å²) in [6, 6.07) is 5.12. The topological polar surface area (TPSA) is 9.23 Å². The van der Waals surface area contributed by atoms with Gasteiger partial charge in [-0.3, -0.25) is 0 Å². The van der Waals surface area contributed by atoms with Crippen LogP contribution in [0.15, 0.2) is 30.8 Å². The molecule has 0 N–H and O–H groups in total. The highest BCUT2D eigenvalue weighted by Crippen LogP contribution is 2.70. The average Bonchev–Trinajstić information content (AvgIpc) is 2.56. The van der Waals surface area contributed by atoms with Crippen LogP contribution in [0.3, 0.4) is 0 Å². The zero-order valence-electron chi connectivity index (χ0n) is 15.2. The van der Waals surface area contributed by atoms with Gasteiger partial charge in [0.05, 0.1) is 0 Å². The standard InChI is InChI=1S/C21H22F6O/c1-2-13-3-5-17(6-4-13)28-19(20(22,23)24,21(25,26)27)18-10-14-7-15(11-18)9-16(8-14)12-18/h2-6,14-16H,1,7-12H2. The highest BCUT2D eigenvalue weighted by molar-refractivity contribution is 5.48. The minimum absolute atomic E-state index is 0.0796. The van der Waals surface area contributed by atoms with Crippen LogP contribution in [-0.2, 0) is 0 Å². The van der Waals surface area contributed by atoms with Crippen LogP contribution in [-0.4, -0.2) is 18.0 Å². The third-order valence-corrected chi connectivity index (χ3v) is 6.97. The second-order valence-electron chi connectivity index (χ2n) is 8.75. The van der Waals surface area contributed by atoms with Crippen molar-refractivity contribution in [3.05, 3.63) is 36.4 Å². The number of hydrogen-bond donors (Lipinski definition) is 0. The van der Waals surface area contributed by atoms with Crippen molar-refractivity contribution < 1.29 is 31.1 Å². The Bertz CT molecular complexity index is 696. The summed E-state index contributed by atoms with van der Waals surface area (Å²) in [6.07, 6.45) is -7.73. The first-order valence-electron chi connectivity index (χ1n) is 9.55. The second kappa shape index (κ2) is 6.17. The maximum atomic E-state index is 14.4. The predicted octanol–water partition coefficient (Wildman–Crippen LogP) is 6.79. The van der Waals surface area contributed by atoms with Crippen LogP contribution in [0.5, 0.6) is 5.75 Å². The SMILES string of the molecule is C=Cc1ccc(OC(C(F)(F)F)(C(F)(F)F)C23CC4CC(CC(C4)C2)C3)cc1. The van der Waals surface area contributed by atoms with Gasteiger partial charge in [-0.1, -0.05) is 24.8 Å². The molecule has 1 aromatic carbocycles. The molecule has 0 unspecified atom stereocenters. The average molecular weight is 404 g/mol. The molecule has 4 aliphatic carbocycles. The first kappa shape index (κ1) is 19.6. The summed E-state index contributed by atoms with van der Waals surface area (Å²) in [5.74, 6) is -0.665. The van der Waals surface area contributed by atoms with Gasteiger partial charge < -0.3 is 4.74 Å². The van der Waals surface area contributed by atoms with E-state index in [1.54, 1.807) is 0 Å². The van der Waals surface area contributed by atoms with E-state index in [0.717, 1.165) is 31.4 Å². The summed E-state index contributed by atoms with van der Waals surface area (Å²) >= 11 is 0. The van der Waals surface area contributed by atoms with E-state index in [-0.39, 0.29) is 37.0 Å². The van der Waals surface area contributed by atoms with Crippen molar-refractivity contribution in [1.29, 1.82) is 0 Å². The summed E-state index contributed by atoms with van der Waals surface area (Å²) in [4.78, 5) is 0. The normalized spacial score (nSPS) is 32.4. The Morgan fingerprint density at radius 1 is 0.821 bits per heavy atom. The van der Waals surface area contributed by atoms with E-state index < -0.39 is 29.1 Å². The molecule has 0 atom stereocenters. The fraction of sp³-hybridized carbons (Fsp3) is 0.619. The minimum Gasteiger partial charge on any atom is -0.468 e. The molecule has 4 saturated carbocycles. The molecular weight excluding hydrogens is 382 g/mol. The van der Waals surface area contributed by atoms with Crippen molar-refractivity contribution in [1.82, 2.24) is 0 Å². The van der Waals surface area contributed by atoms with Gasteiger partial charge in [-0.05, 0) is 74.0 Å². The molecule has 0 heterocycles. The van der Waals surface area contributed by atoms with E-state index >= 15 is 0 Å². The van der Waals surface area contributed by atoms with E-state index in [9.17, 15) is 26.3 Å². The number of rotatable bonds is 4. The summed E-state index contributed by atoms with van der Waals surface area (Å²) in [5, 5.41) is 0. The maximum absolute atomic E-state index is 14.4. The van der Waals surface area contributed by atoms with Crippen LogP contribution < -0.4 is 4.74 Å². The highest BCUT2D eigenvalue weighted by Gasteiger charge is 2.83. The van der Waals surface area contributed by atoms with E-state index in [2.05, 4.69) is 6.58 Å². The van der Waals surface area contributed by atoms with Crippen LogP contribution in [0.1, 0.15) is 44.1 Å². The maximum Gasteiger partial charge on any atom is 0.438 e. The second-order valence-corrected chi connectivity index (χ2v) is 8.75. The molecule has 0 aromatic heterocycles. The Kier molecular flexibility index (Phi) is 4.33. The fourth-order valence-corrected chi connectivity index (χ4v) is 6.38. The van der Waals surface area contributed by atoms with Crippen LogP contribution in [0.4, 0.5) is 26.3 Å². The van der Waals surface area contributed by atoms with Gasteiger partial charge in [-0.2, -0.15) is 26.3 Å². The fourth-order valence-electron chi connectivity index (χ4n) is 6.38. The van der Waals surface area contributed by atoms with Gasteiger partial charge >= 0.3 is 18.0 Å². The van der Waals surface area contributed by atoms with E-state index in [4.69, 9.17) is 4.74 Å². The van der Waals surface area contributed by atoms with Crippen LogP contribution in [0.2, 0.25) is 0 Å². The summed E-state index contributed by atoms with van der Waals surface area (Å²) in [6.45, 7) is 3.54. The highest BCUT2D eigenvalue weighted by atomic mass is 19.4. The quantitative estimate of drug-likeness (QED) is 0.502. The molecule has 154 valence electrons. The molecule has 0 amide bonds. The van der Waals surface area contributed by atoms with Crippen molar-refractivity contribution in [2.24, 2.45) is 23.2 Å². The molecule has 4 aliphatic rings. The number of alkyl halides is 6.